The number of hydrogen-bond donors (Lipinski definition) is 2. The minimum absolute atomic E-state index is 0.303. The Morgan fingerprint density at radius 3 is 2.42 bits per heavy atom. The van der Waals surface area contributed by atoms with E-state index < -0.39 is 17.8 Å². The van der Waals surface area contributed by atoms with E-state index in [1.54, 1.807) is 22.8 Å². The van der Waals surface area contributed by atoms with Gasteiger partial charge in [-0.2, -0.15) is 0 Å². The Bertz CT molecular complexity index is 1690. The first-order chi connectivity index (χ1) is 17.2. The molecule has 0 bridgehead atoms. The van der Waals surface area contributed by atoms with Crippen molar-refractivity contribution < 1.29 is 14.3 Å². The number of imidazole rings is 1. The predicted octanol–water partition coefficient (Wildman–Crippen LogP) is 4.75. The van der Waals surface area contributed by atoms with E-state index in [9.17, 15) is 19.1 Å². The lowest BCUT2D eigenvalue weighted by atomic mass is 10.0. The smallest absolute Gasteiger partial charge is 0.330 e. The highest BCUT2D eigenvalue weighted by Crippen LogP contribution is 2.30. The van der Waals surface area contributed by atoms with Gasteiger partial charge in [0.15, 0.2) is 0 Å². The Kier molecular flexibility index (Phi) is 5.67. The molecule has 2 heterocycles. The maximum absolute atomic E-state index is 14.0. The first-order valence-electron chi connectivity index (χ1n) is 11.7. The highest BCUT2D eigenvalue weighted by Gasteiger charge is 2.25. The van der Waals surface area contributed by atoms with Gasteiger partial charge in [-0.3, -0.25) is 13.9 Å². The van der Waals surface area contributed by atoms with Crippen molar-refractivity contribution in [1.29, 1.82) is 0 Å². The minimum atomic E-state index is -1.07. The fraction of sp³-hybridized carbons (Fsp3) is 0.214. The van der Waals surface area contributed by atoms with Crippen LogP contribution >= 0.6 is 0 Å². The van der Waals surface area contributed by atoms with Crippen molar-refractivity contribution in [2.24, 2.45) is 7.05 Å². The number of carbonyl (C=O) groups is 1. The third-order valence-electron chi connectivity index (χ3n) is 7.01. The number of carboxylic acids is 1. The second-order valence-electron chi connectivity index (χ2n) is 9.32. The Hall–Kier alpha value is -4.33. The standard InChI is InChI=1S/C28H27FN4O3/c1-16-4-10-23-27(17(16)2)19(14-31(23)3)15-32-22-11-9-21(30)12-25(22)33(28(32)36)24(13-26(34)35)18-5-7-20(29)8-6-18/h4-12,14,24H,13,15,30H2,1-3H3,(H,34,35)/t24-/m1/s1. The van der Waals surface area contributed by atoms with Crippen molar-refractivity contribution in [2.45, 2.75) is 32.9 Å². The molecule has 5 aromatic rings. The van der Waals surface area contributed by atoms with Gasteiger partial charge in [0.2, 0.25) is 0 Å². The van der Waals surface area contributed by atoms with Crippen molar-refractivity contribution >= 4 is 33.6 Å². The van der Waals surface area contributed by atoms with Crippen LogP contribution in [0.5, 0.6) is 0 Å². The van der Waals surface area contributed by atoms with E-state index in [4.69, 9.17) is 5.73 Å². The number of aliphatic carboxylic acids is 1. The normalized spacial score (nSPS) is 12.4. The first-order valence-corrected chi connectivity index (χ1v) is 11.7. The number of benzene rings is 3. The predicted molar refractivity (Wildman–Crippen MR) is 139 cm³/mol. The van der Waals surface area contributed by atoms with Gasteiger partial charge in [-0.25, -0.2) is 9.18 Å². The number of aromatic nitrogens is 3. The third kappa shape index (κ3) is 3.84. The maximum Gasteiger partial charge on any atom is 0.330 e. The number of anilines is 1. The Balaban J connectivity index is 1.75. The zero-order valence-corrected chi connectivity index (χ0v) is 20.3. The van der Waals surface area contributed by atoms with E-state index in [1.165, 1.54) is 28.8 Å². The fourth-order valence-electron chi connectivity index (χ4n) is 5.12. The molecule has 5 rings (SSSR count). The van der Waals surface area contributed by atoms with Crippen molar-refractivity contribution in [2.75, 3.05) is 5.73 Å². The summed E-state index contributed by atoms with van der Waals surface area (Å²) in [5, 5.41) is 10.8. The van der Waals surface area contributed by atoms with Crippen molar-refractivity contribution in [1.82, 2.24) is 13.7 Å². The van der Waals surface area contributed by atoms with Crippen LogP contribution in [0.15, 0.2) is 65.6 Å². The summed E-state index contributed by atoms with van der Waals surface area (Å²) in [7, 11) is 1.98. The van der Waals surface area contributed by atoms with E-state index in [0.717, 1.165) is 27.6 Å². The molecular formula is C28H27FN4O3. The van der Waals surface area contributed by atoms with Crippen LogP contribution in [0.4, 0.5) is 10.1 Å². The van der Waals surface area contributed by atoms with Crippen LogP contribution in [0.25, 0.3) is 21.9 Å². The molecule has 0 unspecified atom stereocenters. The van der Waals surface area contributed by atoms with Gasteiger partial charge < -0.3 is 15.4 Å². The quantitative estimate of drug-likeness (QED) is 0.339. The zero-order chi connectivity index (χ0) is 25.7. The summed E-state index contributed by atoms with van der Waals surface area (Å²) in [6, 6.07) is 14.1. The maximum atomic E-state index is 14.0. The van der Waals surface area contributed by atoms with Crippen LogP contribution in [0.3, 0.4) is 0 Å². The molecule has 8 heteroatoms. The number of halogens is 1. The van der Waals surface area contributed by atoms with Gasteiger partial charge in [0, 0.05) is 29.8 Å². The Labute approximate surface area is 206 Å². The van der Waals surface area contributed by atoms with E-state index in [0.29, 0.717) is 28.8 Å². The average molecular weight is 487 g/mol. The lowest BCUT2D eigenvalue weighted by Crippen LogP contribution is -2.29. The largest absolute Gasteiger partial charge is 0.481 e. The number of rotatable bonds is 6. The Morgan fingerprint density at radius 1 is 1.03 bits per heavy atom. The number of aryl methyl sites for hydroxylation is 3. The van der Waals surface area contributed by atoms with Crippen LogP contribution in [0.2, 0.25) is 0 Å². The van der Waals surface area contributed by atoms with E-state index >= 15 is 0 Å². The first kappa shape index (κ1) is 23.4. The van der Waals surface area contributed by atoms with Crippen LogP contribution in [-0.2, 0) is 18.4 Å². The molecule has 0 amide bonds. The van der Waals surface area contributed by atoms with Crippen LogP contribution in [0, 0.1) is 19.7 Å². The third-order valence-corrected chi connectivity index (χ3v) is 7.01. The number of nitrogens with two attached hydrogens (primary N) is 1. The highest BCUT2D eigenvalue weighted by atomic mass is 19.1. The lowest BCUT2D eigenvalue weighted by molar-refractivity contribution is -0.137. The summed E-state index contributed by atoms with van der Waals surface area (Å²) in [4.78, 5) is 25.8. The van der Waals surface area contributed by atoms with Crippen molar-refractivity contribution in [3.8, 4) is 0 Å². The lowest BCUT2D eigenvalue weighted by Gasteiger charge is -2.17. The monoisotopic (exact) mass is 486 g/mol. The van der Waals surface area contributed by atoms with E-state index in [2.05, 4.69) is 26.0 Å². The molecule has 0 aliphatic heterocycles. The fourth-order valence-corrected chi connectivity index (χ4v) is 5.12. The number of carboxylic acid groups (broad SMARTS) is 1. The molecule has 2 aromatic heterocycles. The summed E-state index contributed by atoms with van der Waals surface area (Å²) in [5.74, 6) is -1.50. The van der Waals surface area contributed by atoms with E-state index in [-0.39, 0.29) is 12.1 Å². The summed E-state index contributed by atoms with van der Waals surface area (Å²) in [6.07, 6.45) is 1.69. The molecule has 0 aliphatic carbocycles. The molecule has 0 fully saturated rings. The molecule has 0 spiro atoms. The van der Waals surface area contributed by atoms with Gasteiger partial charge in [0.1, 0.15) is 5.82 Å². The van der Waals surface area contributed by atoms with Gasteiger partial charge in [-0.15, -0.1) is 0 Å². The summed E-state index contributed by atoms with van der Waals surface area (Å²) in [5.41, 5.74) is 12.3. The van der Waals surface area contributed by atoms with Crippen LogP contribution < -0.4 is 11.4 Å². The minimum Gasteiger partial charge on any atom is -0.481 e. The zero-order valence-electron chi connectivity index (χ0n) is 20.3. The SMILES string of the molecule is Cc1ccc2c(c(Cn3c(=O)n([C@H](CC(=O)O)c4ccc(F)cc4)c4cc(N)ccc43)cn2C)c1C. The van der Waals surface area contributed by atoms with E-state index in [1.807, 2.05) is 17.8 Å². The second kappa shape index (κ2) is 8.71. The highest BCUT2D eigenvalue weighted by molar-refractivity contribution is 5.88. The number of fused-ring (bicyclic) bond motifs is 2. The molecule has 3 N–H and O–H groups in total. The van der Waals surface area contributed by atoms with Gasteiger partial charge in [0.25, 0.3) is 0 Å². The topological polar surface area (TPSA) is 95.2 Å². The molecule has 0 aliphatic rings. The molecule has 0 saturated carbocycles. The van der Waals surface area contributed by atoms with Gasteiger partial charge in [0.05, 0.1) is 30.0 Å². The summed E-state index contributed by atoms with van der Waals surface area (Å²) >= 11 is 0. The van der Waals surface area contributed by atoms with Gasteiger partial charge >= 0.3 is 11.7 Å². The van der Waals surface area contributed by atoms with Gasteiger partial charge in [-0.1, -0.05) is 18.2 Å². The Morgan fingerprint density at radius 2 is 1.72 bits per heavy atom. The summed E-state index contributed by atoms with van der Waals surface area (Å²) < 4.78 is 18.8. The molecule has 0 radical (unpaired) electrons. The molecular weight excluding hydrogens is 459 g/mol. The van der Waals surface area contributed by atoms with Crippen LogP contribution in [0.1, 0.15) is 34.7 Å². The number of nitrogen functional groups attached to an aromatic ring is 1. The molecule has 1 atom stereocenters. The molecule has 184 valence electrons. The number of hydrogen-bond acceptors (Lipinski definition) is 3. The molecule has 7 nitrogen and oxygen atoms in total. The van der Waals surface area contributed by atoms with Crippen molar-refractivity contribution in [3.05, 3.63) is 99.3 Å². The van der Waals surface area contributed by atoms with Crippen LogP contribution in [-0.4, -0.2) is 24.8 Å². The molecule has 0 saturated heterocycles. The average Bonchev–Trinajstić information content (AvgIpc) is 3.28. The number of nitrogens with zero attached hydrogens (tertiary/aromatic N) is 3. The second-order valence-corrected chi connectivity index (χ2v) is 9.32. The van der Waals surface area contributed by atoms with Crippen molar-refractivity contribution in [3.63, 3.8) is 0 Å². The molecule has 36 heavy (non-hydrogen) atoms. The molecule has 3 aromatic carbocycles. The summed E-state index contributed by atoms with van der Waals surface area (Å²) in [6.45, 7) is 4.44. The van der Waals surface area contributed by atoms with Gasteiger partial charge in [-0.05, 0) is 72.5 Å².